The van der Waals surface area contributed by atoms with Crippen LogP contribution in [0.4, 0.5) is 0 Å². The summed E-state index contributed by atoms with van der Waals surface area (Å²) in [7, 11) is 5.92. The lowest BCUT2D eigenvalue weighted by Crippen LogP contribution is -2.47. The van der Waals surface area contributed by atoms with Crippen molar-refractivity contribution in [2.75, 3.05) is 73.7 Å². The number of nitrogens with one attached hydrogen (secondary N) is 1. The van der Waals surface area contributed by atoms with Crippen molar-refractivity contribution in [3.63, 3.8) is 0 Å². The highest BCUT2D eigenvalue weighted by Crippen LogP contribution is 2.14. The van der Waals surface area contributed by atoms with Gasteiger partial charge in [-0.25, -0.2) is 0 Å². The molecule has 1 heterocycles. The average molecular weight is 514 g/mol. The maximum Gasteiger partial charge on any atom is 0.194 e. The van der Waals surface area contributed by atoms with Gasteiger partial charge in [0.05, 0.1) is 18.8 Å². The van der Waals surface area contributed by atoms with Crippen LogP contribution >= 0.6 is 24.0 Å². The Morgan fingerprint density at radius 1 is 1.21 bits per heavy atom. The second-order valence-electron chi connectivity index (χ2n) is 7.27. The number of nitrogens with zero attached hydrogens (tertiary/aromatic N) is 3. The van der Waals surface area contributed by atoms with Crippen molar-refractivity contribution in [2.45, 2.75) is 51.7 Å². The molecule has 0 spiro atoms. The zero-order chi connectivity index (χ0) is 19.9. The van der Waals surface area contributed by atoms with Crippen LogP contribution in [0, 0.1) is 0 Å². The topological polar surface area (TPSA) is 58.6 Å². The summed E-state index contributed by atoms with van der Waals surface area (Å²) < 4.78 is 16.9. The Bertz CT molecular complexity index is 392. The van der Waals surface area contributed by atoms with Gasteiger partial charge in [0.2, 0.25) is 0 Å². The van der Waals surface area contributed by atoms with E-state index in [0.29, 0.717) is 12.6 Å². The molecule has 0 aromatic carbocycles. The van der Waals surface area contributed by atoms with Gasteiger partial charge in [-0.2, -0.15) is 0 Å². The van der Waals surface area contributed by atoms with Gasteiger partial charge in [0.25, 0.3) is 0 Å². The van der Waals surface area contributed by atoms with E-state index in [2.05, 4.69) is 43.1 Å². The van der Waals surface area contributed by atoms with Gasteiger partial charge in [-0.3, -0.25) is 4.99 Å². The van der Waals surface area contributed by atoms with E-state index in [0.717, 1.165) is 77.6 Å². The molecule has 0 aliphatic carbocycles. The fraction of sp³-hybridized carbons (Fsp3) is 0.950. The minimum Gasteiger partial charge on any atom is -0.385 e. The molecule has 1 aliphatic heterocycles. The first-order valence-corrected chi connectivity index (χ1v) is 10.5. The molecule has 0 aromatic heterocycles. The Morgan fingerprint density at radius 2 is 1.93 bits per heavy atom. The molecule has 1 aliphatic rings. The number of rotatable bonds is 13. The summed E-state index contributed by atoms with van der Waals surface area (Å²) in [5, 5.41) is 3.44. The molecule has 168 valence electrons. The summed E-state index contributed by atoms with van der Waals surface area (Å²) in [5.41, 5.74) is 0. The molecule has 0 saturated carbocycles. The maximum absolute atomic E-state index is 5.97. The first-order chi connectivity index (χ1) is 13.1. The molecule has 0 bridgehead atoms. The lowest BCUT2D eigenvalue weighted by atomic mass is 10.1. The fourth-order valence-electron chi connectivity index (χ4n) is 3.17. The van der Waals surface area contributed by atoms with Crippen molar-refractivity contribution >= 4 is 29.9 Å². The molecule has 8 heteroatoms. The Balaban J connectivity index is 0.00000729. The van der Waals surface area contributed by atoms with Gasteiger partial charge in [-0.05, 0) is 53.6 Å². The number of methoxy groups -OCH3 is 1. The minimum atomic E-state index is 0. The molecule has 1 rings (SSSR count). The Kier molecular flexibility index (Phi) is 17.6. The molecule has 1 N–H and O–H groups in total. The van der Waals surface area contributed by atoms with E-state index in [-0.39, 0.29) is 30.1 Å². The molecule has 0 radical (unpaired) electrons. The van der Waals surface area contributed by atoms with Crippen molar-refractivity contribution < 1.29 is 14.2 Å². The van der Waals surface area contributed by atoms with Crippen LogP contribution in [0.15, 0.2) is 4.99 Å². The Labute approximate surface area is 189 Å². The summed E-state index contributed by atoms with van der Waals surface area (Å²) in [5.74, 6) is 1.00. The van der Waals surface area contributed by atoms with Crippen molar-refractivity contribution in [3.8, 4) is 0 Å². The van der Waals surface area contributed by atoms with Gasteiger partial charge >= 0.3 is 0 Å². The average Bonchev–Trinajstić information content (AvgIpc) is 2.67. The number of ether oxygens (including phenoxy) is 3. The second-order valence-corrected chi connectivity index (χ2v) is 7.27. The van der Waals surface area contributed by atoms with Gasteiger partial charge in [-0.1, -0.05) is 0 Å². The molecule has 28 heavy (non-hydrogen) atoms. The van der Waals surface area contributed by atoms with E-state index in [1.807, 2.05) is 0 Å². The van der Waals surface area contributed by atoms with Gasteiger partial charge in [0.15, 0.2) is 5.96 Å². The number of piperidine rings is 1. The van der Waals surface area contributed by atoms with E-state index in [4.69, 9.17) is 19.2 Å². The zero-order valence-electron chi connectivity index (χ0n) is 18.6. The highest BCUT2D eigenvalue weighted by molar-refractivity contribution is 14.0. The molecular weight excluding hydrogens is 471 g/mol. The number of halogens is 1. The molecule has 1 fully saturated rings. The van der Waals surface area contributed by atoms with Crippen LogP contribution < -0.4 is 5.32 Å². The van der Waals surface area contributed by atoms with Crippen molar-refractivity contribution in [1.29, 1.82) is 0 Å². The summed E-state index contributed by atoms with van der Waals surface area (Å²) in [6.45, 7) is 11.0. The normalized spacial score (nSPS) is 16.9. The molecule has 7 nitrogen and oxygen atoms in total. The minimum absolute atomic E-state index is 0. The summed E-state index contributed by atoms with van der Waals surface area (Å²) in [6, 6.07) is 0. The molecule has 1 unspecified atom stereocenters. The molecule has 1 saturated heterocycles. The van der Waals surface area contributed by atoms with Crippen LogP contribution in [0.1, 0.15) is 39.5 Å². The molecule has 0 amide bonds. The maximum atomic E-state index is 5.97. The summed E-state index contributed by atoms with van der Waals surface area (Å²) in [4.78, 5) is 9.42. The lowest BCUT2D eigenvalue weighted by Gasteiger charge is -2.34. The van der Waals surface area contributed by atoms with Crippen molar-refractivity contribution in [2.24, 2.45) is 4.99 Å². The Morgan fingerprint density at radius 3 is 2.50 bits per heavy atom. The monoisotopic (exact) mass is 514 g/mol. The third-order valence-electron chi connectivity index (χ3n) is 4.67. The van der Waals surface area contributed by atoms with E-state index < -0.39 is 0 Å². The summed E-state index contributed by atoms with van der Waals surface area (Å²) >= 11 is 0. The zero-order valence-corrected chi connectivity index (χ0v) is 20.9. The largest absolute Gasteiger partial charge is 0.385 e. The SMILES string of the molecule is CCNC(=NCC(CCN(C)C)OCC)N1CCC(OCCCOC)CC1.I. The number of likely N-dealkylation sites (tertiary alicyclic amines) is 1. The molecular formula is C20H43IN4O3. The highest BCUT2D eigenvalue weighted by atomic mass is 127. The number of hydrogen-bond donors (Lipinski definition) is 1. The fourth-order valence-corrected chi connectivity index (χ4v) is 3.17. The van der Waals surface area contributed by atoms with Gasteiger partial charge in [0, 0.05) is 53.1 Å². The van der Waals surface area contributed by atoms with Crippen molar-refractivity contribution in [3.05, 3.63) is 0 Å². The number of hydrogen-bond acceptors (Lipinski definition) is 5. The predicted octanol–water partition coefficient (Wildman–Crippen LogP) is 2.44. The number of guanidine groups is 1. The van der Waals surface area contributed by atoms with Gasteiger partial charge < -0.3 is 29.3 Å². The van der Waals surface area contributed by atoms with Crippen LogP contribution in [0.2, 0.25) is 0 Å². The third-order valence-corrected chi connectivity index (χ3v) is 4.67. The number of aliphatic imine (C=N–C) groups is 1. The highest BCUT2D eigenvalue weighted by Gasteiger charge is 2.22. The lowest BCUT2D eigenvalue weighted by molar-refractivity contribution is 0.00977. The van der Waals surface area contributed by atoms with Crippen LogP contribution in [-0.2, 0) is 14.2 Å². The predicted molar refractivity (Wildman–Crippen MR) is 127 cm³/mol. The van der Waals surface area contributed by atoms with Crippen LogP contribution in [-0.4, -0.2) is 102 Å². The summed E-state index contributed by atoms with van der Waals surface area (Å²) in [6.07, 6.45) is 4.60. The molecule has 1 atom stereocenters. The quantitative estimate of drug-likeness (QED) is 0.176. The van der Waals surface area contributed by atoms with E-state index in [1.54, 1.807) is 7.11 Å². The van der Waals surface area contributed by atoms with Crippen LogP contribution in [0.5, 0.6) is 0 Å². The van der Waals surface area contributed by atoms with Crippen LogP contribution in [0.3, 0.4) is 0 Å². The van der Waals surface area contributed by atoms with Gasteiger partial charge in [-0.15, -0.1) is 24.0 Å². The van der Waals surface area contributed by atoms with Crippen molar-refractivity contribution in [1.82, 2.24) is 15.1 Å². The standard InChI is InChI=1S/C20H42N4O3.HI/c1-6-21-20(22-17-19(26-7-2)9-12-23(3)4)24-13-10-18(11-14-24)27-16-8-15-25-5;/h18-19H,6-17H2,1-5H3,(H,21,22);1H. The first-order valence-electron chi connectivity index (χ1n) is 10.5. The van der Waals surface area contributed by atoms with Gasteiger partial charge in [0.1, 0.15) is 0 Å². The van der Waals surface area contributed by atoms with E-state index >= 15 is 0 Å². The Hall–Kier alpha value is -0.160. The molecule has 0 aromatic rings. The van der Waals surface area contributed by atoms with E-state index in [1.165, 1.54) is 0 Å². The first kappa shape index (κ1) is 27.8. The smallest absolute Gasteiger partial charge is 0.194 e. The van der Waals surface area contributed by atoms with E-state index in [9.17, 15) is 0 Å². The third kappa shape index (κ3) is 12.4. The second kappa shape index (κ2) is 17.7. The van der Waals surface area contributed by atoms with Crippen LogP contribution in [0.25, 0.3) is 0 Å².